The zero-order chi connectivity index (χ0) is 13.5. The van der Waals surface area contributed by atoms with Gasteiger partial charge in [-0.15, -0.1) is 0 Å². The average Bonchev–Trinajstić information content (AvgIpc) is 2.37. The van der Waals surface area contributed by atoms with Crippen molar-refractivity contribution in [3.63, 3.8) is 0 Å². The summed E-state index contributed by atoms with van der Waals surface area (Å²) >= 11 is 0. The Bertz CT molecular complexity index is 238. The highest BCUT2D eigenvalue weighted by molar-refractivity contribution is 5.06. The van der Waals surface area contributed by atoms with Crippen LogP contribution in [0.3, 0.4) is 0 Å². The third-order valence-electron chi connectivity index (χ3n) is 2.85. The number of rotatable bonds is 11. The molecule has 1 heteroatoms. The fourth-order valence-electron chi connectivity index (χ4n) is 1.66. The van der Waals surface area contributed by atoms with E-state index in [1.165, 1.54) is 32.1 Å². The molecule has 0 aromatic heterocycles. The lowest BCUT2D eigenvalue weighted by Crippen LogP contribution is -2.00. The first-order valence-corrected chi connectivity index (χ1v) is 7.47. The van der Waals surface area contributed by atoms with Crippen LogP contribution in [0.1, 0.15) is 65.2 Å². The van der Waals surface area contributed by atoms with Crippen LogP contribution in [0.4, 0.5) is 0 Å². The van der Waals surface area contributed by atoms with Crippen LogP contribution in [0.15, 0.2) is 36.5 Å². The number of aliphatic hydroxyl groups excluding tert-OH is 1. The van der Waals surface area contributed by atoms with Gasteiger partial charge >= 0.3 is 0 Å². The maximum Gasteiger partial charge on any atom is 0.0723 e. The Kier molecular flexibility index (Phi) is 13.6. The lowest BCUT2D eigenvalue weighted by atomic mass is 10.1. The number of unbranched alkanes of at least 4 members (excludes halogenated alkanes) is 4. The molecule has 0 heterocycles. The van der Waals surface area contributed by atoms with Gasteiger partial charge in [0.05, 0.1) is 6.10 Å². The van der Waals surface area contributed by atoms with Crippen molar-refractivity contribution < 1.29 is 5.11 Å². The largest absolute Gasteiger partial charge is 0.389 e. The van der Waals surface area contributed by atoms with Crippen LogP contribution in [0.5, 0.6) is 0 Å². The fraction of sp³-hybridized carbons (Fsp3) is 0.647. The number of hydrogen-bond donors (Lipinski definition) is 1. The van der Waals surface area contributed by atoms with E-state index in [1.807, 2.05) is 18.2 Å². The van der Waals surface area contributed by atoms with Gasteiger partial charge in [-0.2, -0.15) is 0 Å². The number of allylic oxidation sites excluding steroid dienone is 5. The molecule has 0 saturated heterocycles. The van der Waals surface area contributed by atoms with E-state index in [9.17, 15) is 5.11 Å². The monoisotopic (exact) mass is 250 g/mol. The SMILES string of the molecule is CCCCC=CCC=CC=CC(O)CCCCC. The number of aliphatic hydroxyl groups is 1. The van der Waals surface area contributed by atoms with E-state index in [-0.39, 0.29) is 6.10 Å². The molecule has 0 aliphatic rings. The standard InChI is InChI=1S/C17H30O/c1-3-5-7-8-9-10-11-12-14-16-17(18)15-13-6-4-2/h8-9,11-12,14,16-18H,3-7,10,13,15H2,1-2H3. The molecule has 104 valence electrons. The van der Waals surface area contributed by atoms with Crippen LogP contribution in [-0.4, -0.2) is 11.2 Å². The van der Waals surface area contributed by atoms with Crippen molar-refractivity contribution in [2.24, 2.45) is 0 Å². The van der Waals surface area contributed by atoms with Crippen molar-refractivity contribution in [2.45, 2.75) is 71.3 Å². The van der Waals surface area contributed by atoms with E-state index < -0.39 is 0 Å². The van der Waals surface area contributed by atoms with Gasteiger partial charge in [0, 0.05) is 0 Å². The van der Waals surface area contributed by atoms with Gasteiger partial charge in [0.2, 0.25) is 0 Å². The average molecular weight is 250 g/mol. The van der Waals surface area contributed by atoms with Gasteiger partial charge in [-0.1, -0.05) is 82.4 Å². The van der Waals surface area contributed by atoms with Crippen LogP contribution in [0, 0.1) is 0 Å². The summed E-state index contributed by atoms with van der Waals surface area (Å²) in [7, 11) is 0. The second-order valence-electron chi connectivity index (χ2n) is 4.73. The molecule has 0 bridgehead atoms. The van der Waals surface area contributed by atoms with Crippen molar-refractivity contribution >= 4 is 0 Å². The van der Waals surface area contributed by atoms with Crippen LogP contribution >= 0.6 is 0 Å². The van der Waals surface area contributed by atoms with E-state index in [0.717, 1.165) is 19.3 Å². The van der Waals surface area contributed by atoms with Gasteiger partial charge in [-0.25, -0.2) is 0 Å². The molecular formula is C17H30O. The molecule has 0 saturated carbocycles. The summed E-state index contributed by atoms with van der Waals surface area (Å²) in [4.78, 5) is 0. The lowest BCUT2D eigenvalue weighted by Gasteiger charge is -2.02. The van der Waals surface area contributed by atoms with Gasteiger partial charge in [0.1, 0.15) is 0 Å². The quantitative estimate of drug-likeness (QED) is 0.304. The van der Waals surface area contributed by atoms with E-state index in [0.29, 0.717) is 0 Å². The molecule has 0 aliphatic heterocycles. The highest BCUT2D eigenvalue weighted by Gasteiger charge is 1.96. The molecule has 0 amide bonds. The fourth-order valence-corrected chi connectivity index (χ4v) is 1.66. The summed E-state index contributed by atoms with van der Waals surface area (Å²) in [6.07, 6.45) is 21.3. The van der Waals surface area contributed by atoms with Gasteiger partial charge in [-0.3, -0.25) is 0 Å². The molecule has 1 N–H and O–H groups in total. The van der Waals surface area contributed by atoms with Crippen molar-refractivity contribution in [1.82, 2.24) is 0 Å². The summed E-state index contributed by atoms with van der Waals surface area (Å²) < 4.78 is 0. The molecule has 0 fully saturated rings. The lowest BCUT2D eigenvalue weighted by molar-refractivity contribution is 0.208. The Hall–Kier alpha value is -0.820. The van der Waals surface area contributed by atoms with Gasteiger partial charge in [-0.05, 0) is 19.3 Å². The smallest absolute Gasteiger partial charge is 0.0723 e. The predicted octanol–water partition coefficient (Wildman–Crippen LogP) is 5.18. The van der Waals surface area contributed by atoms with Crippen molar-refractivity contribution in [3.8, 4) is 0 Å². The Morgan fingerprint density at radius 3 is 2.39 bits per heavy atom. The second kappa shape index (κ2) is 14.2. The maximum absolute atomic E-state index is 9.64. The first-order chi connectivity index (χ1) is 8.81. The first-order valence-electron chi connectivity index (χ1n) is 7.47. The highest BCUT2D eigenvalue weighted by Crippen LogP contribution is 2.04. The molecule has 0 radical (unpaired) electrons. The van der Waals surface area contributed by atoms with Crippen LogP contribution in [-0.2, 0) is 0 Å². The van der Waals surface area contributed by atoms with E-state index in [4.69, 9.17) is 0 Å². The molecule has 0 aromatic rings. The molecule has 0 aromatic carbocycles. The topological polar surface area (TPSA) is 20.2 Å². The zero-order valence-corrected chi connectivity index (χ0v) is 12.1. The molecule has 0 rings (SSSR count). The van der Waals surface area contributed by atoms with Crippen LogP contribution in [0.25, 0.3) is 0 Å². The first kappa shape index (κ1) is 17.2. The highest BCUT2D eigenvalue weighted by atomic mass is 16.3. The molecular weight excluding hydrogens is 220 g/mol. The summed E-state index contributed by atoms with van der Waals surface area (Å²) in [5.74, 6) is 0. The van der Waals surface area contributed by atoms with E-state index in [2.05, 4.69) is 32.1 Å². The molecule has 1 unspecified atom stereocenters. The molecule has 1 atom stereocenters. The Balaban J connectivity index is 3.52. The zero-order valence-electron chi connectivity index (χ0n) is 12.1. The van der Waals surface area contributed by atoms with Crippen molar-refractivity contribution in [2.75, 3.05) is 0 Å². The van der Waals surface area contributed by atoms with Crippen molar-refractivity contribution in [3.05, 3.63) is 36.5 Å². The summed E-state index contributed by atoms with van der Waals surface area (Å²) in [5.41, 5.74) is 0. The van der Waals surface area contributed by atoms with Crippen LogP contribution in [0.2, 0.25) is 0 Å². The van der Waals surface area contributed by atoms with Gasteiger partial charge in [0.15, 0.2) is 0 Å². The minimum Gasteiger partial charge on any atom is -0.389 e. The Morgan fingerprint density at radius 2 is 1.67 bits per heavy atom. The summed E-state index contributed by atoms with van der Waals surface area (Å²) in [5, 5.41) is 9.64. The van der Waals surface area contributed by atoms with E-state index in [1.54, 1.807) is 0 Å². The minimum absolute atomic E-state index is 0.277. The third kappa shape index (κ3) is 13.2. The van der Waals surface area contributed by atoms with Gasteiger partial charge < -0.3 is 5.11 Å². The van der Waals surface area contributed by atoms with E-state index >= 15 is 0 Å². The minimum atomic E-state index is -0.277. The molecule has 0 aliphatic carbocycles. The maximum atomic E-state index is 9.64. The third-order valence-corrected chi connectivity index (χ3v) is 2.85. The van der Waals surface area contributed by atoms with Gasteiger partial charge in [0.25, 0.3) is 0 Å². The molecule has 1 nitrogen and oxygen atoms in total. The second-order valence-corrected chi connectivity index (χ2v) is 4.73. The Labute approximate surface area is 113 Å². The Morgan fingerprint density at radius 1 is 0.889 bits per heavy atom. The number of hydrogen-bond acceptors (Lipinski definition) is 1. The van der Waals surface area contributed by atoms with Crippen LogP contribution < -0.4 is 0 Å². The van der Waals surface area contributed by atoms with Crippen molar-refractivity contribution in [1.29, 1.82) is 0 Å². The predicted molar refractivity (Wildman–Crippen MR) is 81.7 cm³/mol. The molecule has 18 heavy (non-hydrogen) atoms. The molecule has 0 spiro atoms. The normalized spacial score (nSPS) is 14.2. The summed E-state index contributed by atoms with van der Waals surface area (Å²) in [6, 6.07) is 0. The summed E-state index contributed by atoms with van der Waals surface area (Å²) in [6.45, 7) is 4.39.